The van der Waals surface area contributed by atoms with Crippen LogP contribution in [0.3, 0.4) is 0 Å². The van der Waals surface area contributed by atoms with Crippen LogP contribution in [0.2, 0.25) is 0 Å². The maximum absolute atomic E-state index is 12.4. The molecule has 2 aliphatic heterocycles. The standard InChI is InChI=1S/C12H25N2OPS/c1-2-17(15)16(13-9-5-3-6-10-13)14-11-7-4-8-12-14/h2-12H2,1H3. The van der Waals surface area contributed by atoms with Crippen LogP contribution in [-0.2, 0) is 10.4 Å². The Morgan fingerprint density at radius 1 is 0.882 bits per heavy atom. The highest BCUT2D eigenvalue weighted by Gasteiger charge is 2.31. The van der Waals surface area contributed by atoms with Gasteiger partial charge >= 0.3 is 0 Å². The van der Waals surface area contributed by atoms with Crippen LogP contribution in [0.25, 0.3) is 0 Å². The normalized spacial score (nSPS) is 26.2. The highest BCUT2D eigenvalue weighted by molar-refractivity contribution is 8.44. The molecule has 2 rings (SSSR count). The molecule has 2 heterocycles. The number of hydrogen-bond donors (Lipinski definition) is 0. The van der Waals surface area contributed by atoms with Crippen molar-refractivity contribution in [2.24, 2.45) is 0 Å². The van der Waals surface area contributed by atoms with Crippen LogP contribution in [-0.4, -0.2) is 45.5 Å². The topological polar surface area (TPSA) is 23.6 Å². The van der Waals surface area contributed by atoms with Crippen LogP contribution in [0.4, 0.5) is 0 Å². The van der Waals surface area contributed by atoms with Crippen molar-refractivity contribution >= 4 is 17.8 Å². The molecule has 100 valence electrons. The minimum absolute atomic E-state index is 0.519. The first-order valence-electron chi connectivity index (χ1n) is 7.01. The van der Waals surface area contributed by atoms with E-state index in [1.807, 2.05) is 0 Å². The third-order valence-electron chi connectivity index (χ3n) is 3.58. The minimum Gasteiger partial charge on any atom is -0.259 e. The molecule has 0 saturated carbocycles. The minimum atomic E-state index is -0.643. The fourth-order valence-corrected chi connectivity index (χ4v) is 8.22. The lowest BCUT2D eigenvalue weighted by Gasteiger charge is -2.41. The van der Waals surface area contributed by atoms with Crippen molar-refractivity contribution in [3.8, 4) is 0 Å². The summed E-state index contributed by atoms with van der Waals surface area (Å²) in [6.07, 6.45) is 7.92. The second-order valence-electron chi connectivity index (χ2n) is 4.89. The van der Waals surface area contributed by atoms with Gasteiger partial charge in [-0.25, -0.2) is 0 Å². The molecular formula is C12H25N2OPS. The number of rotatable bonds is 4. The predicted molar refractivity (Wildman–Crippen MR) is 76.5 cm³/mol. The van der Waals surface area contributed by atoms with Crippen molar-refractivity contribution < 1.29 is 4.21 Å². The van der Waals surface area contributed by atoms with Gasteiger partial charge in [0.15, 0.2) is 0 Å². The van der Waals surface area contributed by atoms with Crippen molar-refractivity contribution in [2.75, 3.05) is 31.9 Å². The maximum Gasteiger partial charge on any atom is 0.136 e. The molecule has 0 aliphatic carbocycles. The largest absolute Gasteiger partial charge is 0.259 e. The molecule has 2 saturated heterocycles. The third kappa shape index (κ3) is 3.73. The van der Waals surface area contributed by atoms with Gasteiger partial charge in [-0.2, -0.15) is 0 Å². The van der Waals surface area contributed by atoms with Gasteiger partial charge in [0.25, 0.3) is 0 Å². The van der Waals surface area contributed by atoms with Crippen LogP contribution in [0.15, 0.2) is 0 Å². The second kappa shape index (κ2) is 7.18. The summed E-state index contributed by atoms with van der Waals surface area (Å²) in [5.41, 5.74) is 0. The van der Waals surface area contributed by atoms with Gasteiger partial charge in [0.05, 0.1) is 10.4 Å². The Bertz CT molecular complexity index is 235. The Balaban J connectivity index is 2.02. The molecule has 0 radical (unpaired) electrons. The first-order valence-corrected chi connectivity index (χ1v) is 10.2. The predicted octanol–water partition coefficient (Wildman–Crippen LogP) is 2.95. The lowest BCUT2D eigenvalue weighted by molar-refractivity contribution is 0.317. The molecule has 0 aromatic heterocycles. The van der Waals surface area contributed by atoms with Crippen molar-refractivity contribution in [2.45, 2.75) is 45.4 Å². The van der Waals surface area contributed by atoms with E-state index in [0.717, 1.165) is 5.75 Å². The van der Waals surface area contributed by atoms with E-state index in [9.17, 15) is 4.21 Å². The SMILES string of the molecule is CCS(=O)P(N1CCCCC1)N1CCCCC1. The van der Waals surface area contributed by atoms with E-state index in [-0.39, 0.29) is 0 Å². The van der Waals surface area contributed by atoms with Gasteiger partial charge in [-0.05, 0) is 25.7 Å². The zero-order valence-corrected chi connectivity index (χ0v) is 12.6. The van der Waals surface area contributed by atoms with E-state index in [1.165, 1.54) is 64.7 Å². The van der Waals surface area contributed by atoms with Crippen LogP contribution >= 0.6 is 7.42 Å². The number of hydrogen-bond acceptors (Lipinski definition) is 3. The lowest BCUT2D eigenvalue weighted by Crippen LogP contribution is -2.36. The molecule has 0 bridgehead atoms. The molecule has 0 spiro atoms. The van der Waals surface area contributed by atoms with Gasteiger partial charge in [0.2, 0.25) is 0 Å². The quantitative estimate of drug-likeness (QED) is 0.738. The van der Waals surface area contributed by atoms with E-state index >= 15 is 0 Å². The fourth-order valence-electron chi connectivity index (χ4n) is 2.65. The van der Waals surface area contributed by atoms with Crippen molar-refractivity contribution in [1.82, 2.24) is 9.34 Å². The molecular weight excluding hydrogens is 251 g/mol. The molecule has 0 aromatic carbocycles. The van der Waals surface area contributed by atoms with E-state index < -0.39 is 17.8 Å². The Labute approximate surface area is 109 Å². The summed E-state index contributed by atoms with van der Waals surface area (Å²) < 4.78 is 17.5. The zero-order valence-electron chi connectivity index (χ0n) is 10.9. The Morgan fingerprint density at radius 3 is 1.65 bits per heavy atom. The molecule has 2 fully saturated rings. The Kier molecular flexibility index (Phi) is 5.88. The zero-order chi connectivity index (χ0) is 12.1. The monoisotopic (exact) mass is 276 g/mol. The van der Waals surface area contributed by atoms with Crippen LogP contribution in [0.5, 0.6) is 0 Å². The summed E-state index contributed by atoms with van der Waals surface area (Å²) in [5, 5.41) is 0. The van der Waals surface area contributed by atoms with Gasteiger partial charge < -0.3 is 0 Å². The summed E-state index contributed by atoms with van der Waals surface area (Å²) in [6.45, 7) is 6.77. The molecule has 1 atom stereocenters. The van der Waals surface area contributed by atoms with E-state index in [2.05, 4.69) is 16.3 Å². The summed E-state index contributed by atoms with van der Waals surface area (Å²) in [4.78, 5) is 0. The molecule has 0 N–H and O–H groups in total. The molecule has 17 heavy (non-hydrogen) atoms. The summed E-state index contributed by atoms with van der Waals surface area (Å²) in [7, 11) is -1.16. The van der Waals surface area contributed by atoms with Gasteiger partial charge in [-0.15, -0.1) is 0 Å². The fraction of sp³-hybridized carbons (Fsp3) is 1.00. The highest BCUT2D eigenvalue weighted by atomic mass is 32.7. The molecule has 2 aliphatic rings. The first-order chi connectivity index (χ1) is 8.33. The highest BCUT2D eigenvalue weighted by Crippen LogP contribution is 2.50. The summed E-state index contributed by atoms with van der Waals surface area (Å²) in [6, 6.07) is 0. The van der Waals surface area contributed by atoms with Gasteiger partial charge in [0.1, 0.15) is 7.42 Å². The average molecular weight is 276 g/mol. The van der Waals surface area contributed by atoms with Crippen LogP contribution in [0.1, 0.15) is 45.4 Å². The molecule has 0 amide bonds. The summed E-state index contributed by atoms with van der Waals surface area (Å²) in [5.74, 6) is 0.818. The number of piperidine rings is 2. The summed E-state index contributed by atoms with van der Waals surface area (Å²) >= 11 is 0. The lowest BCUT2D eigenvalue weighted by atomic mass is 10.2. The van der Waals surface area contributed by atoms with Gasteiger partial charge in [-0.3, -0.25) is 13.5 Å². The van der Waals surface area contributed by atoms with Gasteiger partial charge in [0, 0.05) is 31.9 Å². The maximum atomic E-state index is 12.4. The van der Waals surface area contributed by atoms with Gasteiger partial charge in [-0.1, -0.05) is 19.8 Å². The average Bonchev–Trinajstić information content (AvgIpc) is 2.41. The molecule has 1 unspecified atom stereocenters. The Hall–Kier alpha value is 0.500. The van der Waals surface area contributed by atoms with Crippen LogP contribution < -0.4 is 0 Å². The molecule has 3 nitrogen and oxygen atoms in total. The first kappa shape index (κ1) is 13.9. The smallest absolute Gasteiger partial charge is 0.136 e. The van der Waals surface area contributed by atoms with E-state index in [1.54, 1.807) is 0 Å². The van der Waals surface area contributed by atoms with Crippen molar-refractivity contribution in [3.63, 3.8) is 0 Å². The second-order valence-corrected chi connectivity index (χ2v) is 9.95. The van der Waals surface area contributed by atoms with Crippen molar-refractivity contribution in [1.29, 1.82) is 0 Å². The van der Waals surface area contributed by atoms with E-state index in [4.69, 9.17) is 0 Å². The van der Waals surface area contributed by atoms with Crippen molar-refractivity contribution in [3.05, 3.63) is 0 Å². The Morgan fingerprint density at radius 2 is 1.29 bits per heavy atom. The molecule has 0 aromatic rings. The third-order valence-corrected chi connectivity index (χ3v) is 9.46. The number of nitrogens with zero attached hydrogens (tertiary/aromatic N) is 2. The molecule has 5 heteroatoms. The van der Waals surface area contributed by atoms with Crippen LogP contribution in [0, 0.1) is 0 Å². The van der Waals surface area contributed by atoms with E-state index in [0.29, 0.717) is 0 Å².